The van der Waals surface area contributed by atoms with E-state index in [9.17, 15) is 27.6 Å². The van der Waals surface area contributed by atoms with E-state index in [0.29, 0.717) is 38.6 Å². The number of alkyl carbamates (subject to hydrolysis) is 1. The Kier molecular flexibility index (Phi) is 10.1. The maximum Gasteiger partial charge on any atom is 0.408 e. The van der Waals surface area contributed by atoms with Crippen molar-refractivity contribution in [3.05, 3.63) is 34.0 Å². The number of allylic oxidation sites excluding steroid dienone is 1. The van der Waals surface area contributed by atoms with Crippen LogP contribution >= 0.6 is 27.5 Å². The van der Waals surface area contributed by atoms with Gasteiger partial charge in [-0.2, -0.15) is 0 Å². The van der Waals surface area contributed by atoms with Crippen molar-refractivity contribution in [1.29, 1.82) is 0 Å². The molecule has 3 heterocycles. The summed E-state index contributed by atoms with van der Waals surface area (Å²) in [4.78, 5) is 58.4. The minimum absolute atomic E-state index is 0.0598. The Balaban J connectivity index is 1.57. The van der Waals surface area contributed by atoms with Crippen molar-refractivity contribution in [1.82, 2.24) is 25.2 Å². The van der Waals surface area contributed by atoms with Crippen molar-refractivity contribution in [3.63, 3.8) is 0 Å². The molecule has 0 aromatic carbocycles. The van der Waals surface area contributed by atoms with Gasteiger partial charge in [-0.15, -0.1) is 0 Å². The average Bonchev–Trinajstić information content (AvgIpc) is 3.36. The molecule has 2 fully saturated rings. The Labute approximate surface area is 264 Å². The molecule has 43 heavy (non-hydrogen) atoms. The zero-order chi connectivity index (χ0) is 31.6. The normalized spacial score (nSPS) is 27.5. The molecule has 1 aromatic rings. The number of carbonyl (C=O) groups is 4. The van der Waals surface area contributed by atoms with E-state index in [1.165, 1.54) is 11.0 Å². The van der Waals surface area contributed by atoms with Crippen LogP contribution < -0.4 is 15.4 Å². The summed E-state index contributed by atoms with van der Waals surface area (Å²) in [5.74, 6) is -2.27. The number of carbonyl (C=O) groups excluding carboxylic acids is 4. The molecule has 3 N–H and O–H groups in total. The van der Waals surface area contributed by atoms with E-state index in [1.54, 1.807) is 20.8 Å². The van der Waals surface area contributed by atoms with Gasteiger partial charge in [0.15, 0.2) is 0 Å². The van der Waals surface area contributed by atoms with Crippen LogP contribution in [0, 0.1) is 5.92 Å². The molecule has 12 nitrogen and oxygen atoms in total. The van der Waals surface area contributed by atoms with Gasteiger partial charge in [-0.1, -0.05) is 36.6 Å². The molecule has 4 rings (SSSR count). The summed E-state index contributed by atoms with van der Waals surface area (Å²) in [6.07, 6.45) is 8.53. The summed E-state index contributed by atoms with van der Waals surface area (Å²) in [6.45, 7) is 5.49. The lowest BCUT2D eigenvalue weighted by atomic mass is 10.0. The lowest BCUT2D eigenvalue weighted by Crippen LogP contribution is -2.58. The van der Waals surface area contributed by atoms with Crippen LogP contribution in [0.5, 0.6) is 0 Å². The van der Waals surface area contributed by atoms with Crippen LogP contribution in [-0.4, -0.2) is 71.9 Å². The number of sulfonamides is 1. The number of halogens is 2. The lowest BCUT2D eigenvalue weighted by Gasteiger charge is -2.30. The number of hydrogen-bond donors (Lipinski definition) is 3. The number of hydrogen-bond acceptors (Lipinski definition) is 8. The fourth-order valence-electron chi connectivity index (χ4n) is 5.37. The zero-order valence-electron chi connectivity index (χ0n) is 24.3. The molecule has 1 aromatic heterocycles. The summed E-state index contributed by atoms with van der Waals surface area (Å²) in [5.41, 5.74) is -2.26. The van der Waals surface area contributed by atoms with Crippen LogP contribution in [0.4, 0.5) is 4.79 Å². The highest BCUT2D eigenvalue weighted by Gasteiger charge is 2.61. The van der Waals surface area contributed by atoms with Gasteiger partial charge >= 0.3 is 6.09 Å². The van der Waals surface area contributed by atoms with Crippen molar-refractivity contribution in [2.45, 2.75) is 100 Å². The first kappa shape index (κ1) is 33.2. The van der Waals surface area contributed by atoms with Crippen molar-refractivity contribution < 1.29 is 32.3 Å². The molecule has 2 aliphatic heterocycles. The van der Waals surface area contributed by atoms with Gasteiger partial charge in [0, 0.05) is 18.7 Å². The average molecular weight is 703 g/mol. The molecule has 4 amide bonds. The van der Waals surface area contributed by atoms with E-state index in [-0.39, 0.29) is 20.9 Å². The number of ether oxygens (including phenoxy) is 1. The number of nitrogens with one attached hydrogen (secondary N) is 3. The number of fused-ring (bicyclic) bond motifs is 2. The molecule has 1 saturated carbocycles. The highest BCUT2D eigenvalue weighted by atomic mass is 79.9. The predicted octanol–water partition coefficient (Wildman–Crippen LogP) is 3.58. The maximum absolute atomic E-state index is 13.7. The Morgan fingerprint density at radius 1 is 1.19 bits per heavy atom. The second-order valence-corrected chi connectivity index (χ2v) is 15.0. The number of rotatable bonds is 4. The first-order valence-electron chi connectivity index (χ1n) is 14.3. The third-order valence-electron chi connectivity index (χ3n) is 7.63. The van der Waals surface area contributed by atoms with E-state index in [2.05, 4.69) is 36.3 Å². The topological polar surface area (TPSA) is 164 Å². The zero-order valence-corrected chi connectivity index (χ0v) is 27.5. The number of nitrogens with zero attached hydrogens (tertiary/aromatic N) is 2. The third kappa shape index (κ3) is 8.07. The molecule has 236 valence electrons. The molecule has 1 aliphatic carbocycles. The summed E-state index contributed by atoms with van der Waals surface area (Å²) >= 11 is 9.02. The van der Waals surface area contributed by atoms with Crippen LogP contribution in [0.2, 0.25) is 5.15 Å². The first-order chi connectivity index (χ1) is 20.1. The second-order valence-electron chi connectivity index (χ2n) is 12.1. The van der Waals surface area contributed by atoms with Crippen LogP contribution in [0.15, 0.2) is 33.8 Å². The molecule has 15 heteroatoms. The Morgan fingerprint density at radius 3 is 2.63 bits per heavy atom. The van der Waals surface area contributed by atoms with E-state index >= 15 is 0 Å². The van der Waals surface area contributed by atoms with Crippen LogP contribution in [-0.2, 0) is 29.1 Å². The minimum Gasteiger partial charge on any atom is -0.444 e. The van der Waals surface area contributed by atoms with Gasteiger partial charge in [-0.25, -0.2) is 22.9 Å². The van der Waals surface area contributed by atoms with Crippen LogP contribution in [0.1, 0.15) is 72.1 Å². The maximum atomic E-state index is 13.7. The highest BCUT2D eigenvalue weighted by Crippen LogP contribution is 2.46. The molecule has 4 atom stereocenters. The lowest BCUT2D eigenvalue weighted by molar-refractivity contribution is -0.141. The number of aromatic nitrogens is 1. The van der Waals surface area contributed by atoms with Crippen LogP contribution in [0.25, 0.3) is 0 Å². The van der Waals surface area contributed by atoms with Gasteiger partial charge in [0.1, 0.15) is 33.3 Å². The monoisotopic (exact) mass is 701 g/mol. The summed E-state index contributed by atoms with van der Waals surface area (Å²) < 4.78 is 33.8. The van der Waals surface area contributed by atoms with Gasteiger partial charge in [0.2, 0.25) is 11.8 Å². The van der Waals surface area contributed by atoms with Crippen LogP contribution in [0.3, 0.4) is 0 Å². The van der Waals surface area contributed by atoms with Crippen molar-refractivity contribution in [3.8, 4) is 0 Å². The first-order valence-corrected chi connectivity index (χ1v) is 17.0. The highest BCUT2D eigenvalue weighted by molar-refractivity contribution is 9.10. The summed E-state index contributed by atoms with van der Waals surface area (Å²) in [6, 6.07) is -0.540. The summed E-state index contributed by atoms with van der Waals surface area (Å²) in [7, 11) is -4.34. The van der Waals surface area contributed by atoms with Crippen molar-refractivity contribution in [2.75, 3.05) is 6.54 Å². The van der Waals surface area contributed by atoms with Crippen molar-refractivity contribution in [2.24, 2.45) is 5.92 Å². The summed E-state index contributed by atoms with van der Waals surface area (Å²) in [5, 5.41) is 5.54. The molecular formula is C28H37BrClN5O7S. The molecule has 3 aliphatic rings. The van der Waals surface area contributed by atoms with E-state index in [1.807, 2.05) is 12.2 Å². The van der Waals surface area contributed by atoms with E-state index < -0.39 is 63.0 Å². The smallest absolute Gasteiger partial charge is 0.408 e. The second kappa shape index (κ2) is 13.1. The fourth-order valence-corrected chi connectivity index (χ4v) is 6.98. The Bertz CT molecular complexity index is 1420. The quantitative estimate of drug-likeness (QED) is 0.317. The molecule has 0 spiro atoms. The van der Waals surface area contributed by atoms with E-state index in [4.69, 9.17) is 16.3 Å². The molecule has 0 radical (unpaired) electrons. The largest absolute Gasteiger partial charge is 0.444 e. The number of pyridine rings is 1. The predicted molar refractivity (Wildman–Crippen MR) is 161 cm³/mol. The third-order valence-corrected chi connectivity index (χ3v) is 10.1. The standard InChI is InChI=1S/C28H37BrClN5O7S/c1-27(2,3)42-26(39)32-20-11-8-6-4-5-7-10-17-15-28(17,33-23(36)21-12-9-13-35(21)24(20)37)25(38)34-43(40,41)18-14-19(29)22(30)31-16-18/h7,10,14,16-17,20-21H,4-6,8-9,11-13,15H2,1-3H3,(H,32,39)(H,33,36)(H,34,38)/b10-7-/t17-,20+,21+,28-/m1/s1. The molecule has 0 unspecified atom stereocenters. The van der Waals surface area contributed by atoms with Gasteiger partial charge in [0.25, 0.3) is 15.9 Å². The molecular weight excluding hydrogens is 666 g/mol. The van der Waals surface area contributed by atoms with Gasteiger partial charge in [0.05, 0.1) is 4.47 Å². The van der Waals surface area contributed by atoms with E-state index in [0.717, 1.165) is 19.0 Å². The van der Waals surface area contributed by atoms with Gasteiger partial charge in [-0.05, 0) is 81.3 Å². The fraction of sp³-hybridized carbons (Fsp3) is 0.607. The van der Waals surface area contributed by atoms with Crippen molar-refractivity contribution >= 4 is 61.4 Å². The van der Waals surface area contributed by atoms with Gasteiger partial charge in [-0.3, -0.25) is 14.4 Å². The Hall–Kier alpha value is -2.71. The number of amides is 4. The molecule has 1 saturated heterocycles. The Morgan fingerprint density at radius 2 is 1.93 bits per heavy atom. The SMILES string of the molecule is CC(C)(C)OC(=O)N[C@H]1CCCCC/C=C\[C@@H]2C[C@@]2(C(=O)NS(=O)(=O)c2cnc(Cl)c(Br)c2)NC(=O)[C@@H]2CCCN2C1=O. The molecule has 0 bridgehead atoms. The minimum atomic E-state index is -4.34. The van der Waals surface area contributed by atoms with Gasteiger partial charge < -0.3 is 20.3 Å².